The summed E-state index contributed by atoms with van der Waals surface area (Å²) in [6.45, 7) is 3.69. The Bertz CT molecular complexity index is 1140. The molecule has 34 heavy (non-hydrogen) atoms. The number of nitro benzene ring substituents is 2. The second-order valence-electron chi connectivity index (χ2n) is 7.32. The zero-order valence-electron chi connectivity index (χ0n) is 18.4. The lowest BCUT2D eigenvalue weighted by molar-refractivity contribution is -0.386. The highest BCUT2D eigenvalue weighted by atomic mass is 16.6. The van der Waals surface area contributed by atoms with E-state index >= 15 is 0 Å². The molecular formula is C23H22N2O9. The Morgan fingerprint density at radius 2 is 1.21 bits per heavy atom. The average molecular weight is 470 g/mol. The lowest BCUT2D eigenvalue weighted by Crippen LogP contribution is -1.99. The first-order chi connectivity index (χ1) is 16.2. The van der Waals surface area contributed by atoms with Crippen LogP contribution in [0.3, 0.4) is 0 Å². The Balaban J connectivity index is 1.98. The monoisotopic (exact) mass is 470 g/mol. The van der Waals surface area contributed by atoms with Crippen molar-refractivity contribution in [3.05, 3.63) is 66.8 Å². The minimum atomic E-state index is -0.741. The Kier molecular flexibility index (Phi) is 7.15. The molecule has 11 nitrogen and oxygen atoms in total. The van der Waals surface area contributed by atoms with Gasteiger partial charge in [-0.3, -0.25) is 25.0 Å². The summed E-state index contributed by atoms with van der Waals surface area (Å²) >= 11 is 0. The van der Waals surface area contributed by atoms with Crippen LogP contribution in [-0.4, -0.2) is 39.1 Å². The maximum absolute atomic E-state index is 12.9. The highest BCUT2D eigenvalue weighted by Crippen LogP contribution is 2.40. The zero-order chi connectivity index (χ0) is 25.0. The molecule has 1 fully saturated rings. The van der Waals surface area contributed by atoms with Crippen molar-refractivity contribution in [1.29, 1.82) is 0 Å². The average Bonchev–Trinajstić information content (AvgIpc) is 3.11. The summed E-state index contributed by atoms with van der Waals surface area (Å²) in [6, 6.07) is 5.12. The molecule has 1 saturated carbocycles. The largest absolute Gasteiger partial charge is 0.500 e. The molecule has 0 atom stereocenters. The number of ketones is 1. The van der Waals surface area contributed by atoms with E-state index in [1.165, 1.54) is 24.3 Å². The summed E-state index contributed by atoms with van der Waals surface area (Å²) in [7, 11) is 0. The molecule has 0 saturated heterocycles. The summed E-state index contributed by atoms with van der Waals surface area (Å²) in [5.41, 5.74) is 0.310. The van der Waals surface area contributed by atoms with E-state index in [0.717, 1.165) is 12.1 Å². The maximum Gasteiger partial charge on any atom is 0.315 e. The van der Waals surface area contributed by atoms with Gasteiger partial charge in [-0.25, -0.2) is 0 Å². The molecule has 0 aromatic heterocycles. The van der Waals surface area contributed by atoms with Gasteiger partial charge in [0.25, 0.3) is 0 Å². The molecule has 2 aromatic rings. The number of rotatable bonds is 8. The van der Waals surface area contributed by atoms with Crippen LogP contribution in [0.5, 0.6) is 23.0 Å². The third-order valence-electron chi connectivity index (χ3n) is 5.08. The van der Waals surface area contributed by atoms with Gasteiger partial charge in [-0.15, -0.1) is 0 Å². The summed E-state index contributed by atoms with van der Waals surface area (Å²) in [4.78, 5) is 34.0. The molecule has 2 N–H and O–H groups in total. The Labute approximate surface area is 193 Å². The van der Waals surface area contributed by atoms with Gasteiger partial charge >= 0.3 is 11.4 Å². The summed E-state index contributed by atoms with van der Waals surface area (Å²) in [5.74, 6) is -1.63. The molecule has 1 aliphatic carbocycles. The topological polar surface area (TPSA) is 162 Å². The van der Waals surface area contributed by atoms with Crippen LogP contribution in [0.2, 0.25) is 0 Å². The standard InChI is InChI=1S/C23H22N2O9/c1-3-33-19-11-13(9-17(22(19)27)24(29)30)7-15-5-6-16(21(15)26)8-14-10-18(25(31)32)23(28)20(12-14)34-4-2/h7-12,27-28H,3-6H2,1-2H3/b15-7+,16-8+. The smallest absolute Gasteiger partial charge is 0.315 e. The van der Waals surface area contributed by atoms with Crippen molar-refractivity contribution in [3.8, 4) is 23.0 Å². The van der Waals surface area contributed by atoms with E-state index in [1.807, 2.05) is 0 Å². The summed E-state index contributed by atoms with van der Waals surface area (Å²) < 4.78 is 10.5. The number of Topliss-reactive ketones (excluding diaryl/α,β-unsaturated/α-hetero) is 1. The van der Waals surface area contributed by atoms with Crippen molar-refractivity contribution in [2.75, 3.05) is 13.2 Å². The van der Waals surface area contributed by atoms with Crippen LogP contribution < -0.4 is 9.47 Å². The third kappa shape index (κ3) is 4.98. The Morgan fingerprint density at radius 3 is 1.53 bits per heavy atom. The third-order valence-corrected chi connectivity index (χ3v) is 5.08. The first-order valence-corrected chi connectivity index (χ1v) is 10.4. The normalized spacial score (nSPS) is 15.6. The first kappa shape index (κ1) is 24.2. The SMILES string of the molecule is CCOc1cc(/C=C2\CC/C(=C\c3cc(OCC)c(O)c([N+](=O)[O-])c3)C2=O)cc([N+](=O)[O-])c1O. The fourth-order valence-electron chi connectivity index (χ4n) is 3.58. The molecule has 0 radical (unpaired) electrons. The van der Waals surface area contributed by atoms with Crippen LogP contribution >= 0.6 is 0 Å². The number of hydrogen-bond acceptors (Lipinski definition) is 9. The van der Waals surface area contributed by atoms with Crippen molar-refractivity contribution in [1.82, 2.24) is 0 Å². The molecule has 3 rings (SSSR count). The van der Waals surface area contributed by atoms with E-state index in [-0.39, 0.29) is 30.5 Å². The predicted molar refractivity (Wildman–Crippen MR) is 122 cm³/mol. The van der Waals surface area contributed by atoms with Crippen LogP contribution in [0, 0.1) is 20.2 Å². The molecule has 1 aliphatic rings. The predicted octanol–water partition coefficient (Wildman–Crippen LogP) is 4.54. The number of nitro groups is 2. The first-order valence-electron chi connectivity index (χ1n) is 10.4. The molecule has 2 aromatic carbocycles. The Morgan fingerprint density at radius 1 is 0.824 bits per heavy atom. The van der Waals surface area contributed by atoms with Gasteiger partial charge in [0.15, 0.2) is 17.3 Å². The molecule has 0 aliphatic heterocycles. The minimum Gasteiger partial charge on any atom is -0.500 e. The van der Waals surface area contributed by atoms with E-state index in [0.29, 0.717) is 35.1 Å². The van der Waals surface area contributed by atoms with Crippen LogP contribution in [0.15, 0.2) is 35.4 Å². The molecule has 0 heterocycles. The van der Waals surface area contributed by atoms with Crippen molar-refractivity contribution < 1.29 is 34.3 Å². The van der Waals surface area contributed by atoms with Gasteiger partial charge in [0.05, 0.1) is 23.1 Å². The second kappa shape index (κ2) is 10.0. The number of benzene rings is 2. The minimum absolute atomic E-state index is 0.0652. The van der Waals surface area contributed by atoms with Gasteiger partial charge in [-0.2, -0.15) is 0 Å². The van der Waals surface area contributed by atoms with Crippen molar-refractivity contribution in [2.45, 2.75) is 26.7 Å². The van der Waals surface area contributed by atoms with Gasteiger partial charge in [-0.1, -0.05) is 0 Å². The number of phenols is 2. The number of ether oxygens (including phenoxy) is 2. The summed E-state index contributed by atoms with van der Waals surface area (Å²) in [6.07, 6.45) is 3.68. The Hall–Kier alpha value is -4.41. The van der Waals surface area contributed by atoms with Crippen LogP contribution in [-0.2, 0) is 4.79 Å². The highest BCUT2D eigenvalue weighted by Gasteiger charge is 2.26. The van der Waals surface area contributed by atoms with E-state index in [1.54, 1.807) is 13.8 Å². The van der Waals surface area contributed by atoms with Gasteiger partial charge in [0.1, 0.15) is 0 Å². The molecule has 0 bridgehead atoms. The van der Waals surface area contributed by atoms with Gasteiger partial charge < -0.3 is 19.7 Å². The van der Waals surface area contributed by atoms with Crippen molar-refractivity contribution in [3.63, 3.8) is 0 Å². The number of hydrogen-bond donors (Lipinski definition) is 2. The van der Waals surface area contributed by atoms with E-state index in [4.69, 9.17) is 9.47 Å². The zero-order valence-corrected chi connectivity index (χ0v) is 18.4. The van der Waals surface area contributed by atoms with E-state index < -0.39 is 32.7 Å². The van der Waals surface area contributed by atoms with Gasteiger partial charge in [-0.05, 0) is 62.1 Å². The fraction of sp³-hybridized carbons (Fsp3) is 0.261. The molecule has 0 unspecified atom stereocenters. The van der Waals surface area contributed by atoms with E-state index in [9.17, 15) is 35.2 Å². The fourth-order valence-corrected chi connectivity index (χ4v) is 3.58. The maximum atomic E-state index is 12.9. The van der Waals surface area contributed by atoms with Crippen LogP contribution in [0.25, 0.3) is 12.2 Å². The van der Waals surface area contributed by atoms with Crippen molar-refractivity contribution >= 4 is 29.3 Å². The molecule has 178 valence electrons. The van der Waals surface area contributed by atoms with Crippen LogP contribution in [0.1, 0.15) is 37.8 Å². The number of carbonyl (C=O) groups is 1. The number of carbonyl (C=O) groups excluding carboxylic acids is 1. The molecule has 0 amide bonds. The number of allylic oxidation sites excluding steroid dienone is 2. The molecular weight excluding hydrogens is 448 g/mol. The van der Waals surface area contributed by atoms with Crippen molar-refractivity contribution in [2.24, 2.45) is 0 Å². The quantitative estimate of drug-likeness (QED) is 0.320. The lowest BCUT2D eigenvalue weighted by atomic mass is 10.0. The lowest BCUT2D eigenvalue weighted by Gasteiger charge is -2.08. The van der Waals surface area contributed by atoms with Crippen LogP contribution in [0.4, 0.5) is 11.4 Å². The molecule has 11 heteroatoms. The molecule has 0 spiro atoms. The van der Waals surface area contributed by atoms with Gasteiger partial charge in [0.2, 0.25) is 11.5 Å². The van der Waals surface area contributed by atoms with Gasteiger partial charge in [0, 0.05) is 23.3 Å². The number of aromatic hydroxyl groups is 2. The number of nitrogens with zero attached hydrogens (tertiary/aromatic N) is 2. The van der Waals surface area contributed by atoms with E-state index in [2.05, 4.69) is 0 Å². The highest BCUT2D eigenvalue weighted by molar-refractivity contribution is 6.15. The number of phenolic OH excluding ortho intramolecular Hbond substituents is 2. The second-order valence-corrected chi connectivity index (χ2v) is 7.32. The summed E-state index contributed by atoms with van der Waals surface area (Å²) in [5, 5.41) is 42.6.